The van der Waals surface area contributed by atoms with Crippen LogP contribution >= 0.6 is 23.4 Å². The molecule has 2 rings (SSSR count). The summed E-state index contributed by atoms with van der Waals surface area (Å²) in [7, 11) is 0. The van der Waals surface area contributed by atoms with Gasteiger partial charge in [-0.1, -0.05) is 56.1 Å². The summed E-state index contributed by atoms with van der Waals surface area (Å²) >= 11 is 7.42. The molecule has 31 heavy (non-hydrogen) atoms. The molecule has 168 valence electrons. The molecule has 0 bridgehead atoms. The van der Waals surface area contributed by atoms with Gasteiger partial charge in [-0.3, -0.25) is 9.59 Å². The summed E-state index contributed by atoms with van der Waals surface area (Å²) in [6.45, 7) is 4.82. The summed E-state index contributed by atoms with van der Waals surface area (Å²) in [5.41, 5.74) is 1.87. The van der Waals surface area contributed by atoms with Crippen LogP contribution < -0.4 is 5.32 Å². The van der Waals surface area contributed by atoms with Gasteiger partial charge in [0, 0.05) is 23.9 Å². The predicted octanol–water partition coefficient (Wildman–Crippen LogP) is 5.44. The average molecular weight is 465 g/mol. The first kappa shape index (κ1) is 25.2. The van der Waals surface area contributed by atoms with Crippen molar-refractivity contribution in [3.8, 4) is 0 Å². The van der Waals surface area contributed by atoms with Gasteiger partial charge in [0.1, 0.15) is 11.9 Å². The number of hydrogen-bond acceptors (Lipinski definition) is 3. The van der Waals surface area contributed by atoms with Gasteiger partial charge >= 0.3 is 0 Å². The van der Waals surface area contributed by atoms with Gasteiger partial charge in [-0.15, -0.1) is 11.8 Å². The third-order valence-electron chi connectivity index (χ3n) is 4.89. The molecule has 2 aromatic carbocycles. The normalized spacial score (nSPS) is 11.7. The second kappa shape index (κ2) is 13.4. The molecule has 0 aliphatic carbocycles. The number of carbonyl (C=O) groups is 2. The van der Waals surface area contributed by atoms with Gasteiger partial charge in [0.05, 0.1) is 5.75 Å². The zero-order valence-electron chi connectivity index (χ0n) is 18.1. The highest BCUT2D eigenvalue weighted by molar-refractivity contribution is 7.99. The van der Waals surface area contributed by atoms with Gasteiger partial charge in [-0.2, -0.15) is 0 Å². The fraction of sp³-hybridized carbons (Fsp3) is 0.417. The van der Waals surface area contributed by atoms with E-state index in [-0.39, 0.29) is 29.9 Å². The molecule has 7 heteroatoms. The second-order valence-corrected chi connectivity index (χ2v) is 8.76. The Kier molecular flexibility index (Phi) is 10.9. The van der Waals surface area contributed by atoms with Gasteiger partial charge in [-0.05, 0) is 48.2 Å². The van der Waals surface area contributed by atoms with Crippen LogP contribution in [0.2, 0.25) is 5.02 Å². The Bertz CT molecular complexity index is 830. The predicted molar refractivity (Wildman–Crippen MR) is 127 cm³/mol. The lowest BCUT2D eigenvalue weighted by Gasteiger charge is -2.30. The van der Waals surface area contributed by atoms with E-state index in [9.17, 15) is 14.0 Å². The minimum atomic E-state index is -0.564. The second-order valence-electron chi connectivity index (χ2n) is 7.34. The van der Waals surface area contributed by atoms with Gasteiger partial charge in [0.25, 0.3) is 0 Å². The summed E-state index contributed by atoms with van der Waals surface area (Å²) < 4.78 is 13.3. The highest BCUT2D eigenvalue weighted by Crippen LogP contribution is 2.19. The Morgan fingerprint density at radius 1 is 1.06 bits per heavy atom. The minimum Gasteiger partial charge on any atom is -0.354 e. The highest BCUT2D eigenvalue weighted by atomic mass is 35.5. The molecule has 0 aliphatic heterocycles. The van der Waals surface area contributed by atoms with Gasteiger partial charge < -0.3 is 10.2 Å². The maximum atomic E-state index is 13.3. The number of rotatable bonds is 12. The van der Waals surface area contributed by atoms with Crippen molar-refractivity contribution in [3.63, 3.8) is 0 Å². The van der Waals surface area contributed by atoms with E-state index >= 15 is 0 Å². The molecule has 4 nitrogen and oxygen atoms in total. The van der Waals surface area contributed by atoms with Gasteiger partial charge in [-0.25, -0.2) is 4.39 Å². The number of thioether (sulfide) groups is 1. The molecule has 0 fully saturated rings. The molecule has 0 aromatic heterocycles. The zero-order valence-corrected chi connectivity index (χ0v) is 19.6. The third kappa shape index (κ3) is 8.54. The Hall–Kier alpha value is -2.05. The number of unbranched alkanes of at least 4 members (excludes halogenated alkanes) is 1. The number of carbonyl (C=O) groups excluding carboxylic acids is 2. The van der Waals surface area contributed by atoms with E-state index in [4.69, 9.17) is 11.6 Å². The number of nitrogens with zero attached hydrogens (tertiary/aromatic N) is 1. The fourth-order valence-electron chi connectivity index (χ4n) is 3.13. The van der Waals surface area contributed by atoms with Gasteiger partial charge in [0.2, 0.25) is 11.8 Å². The molecule has 0 heterocycles. The van der Waals surface area contributed by atoms with E-state index in [0.29, 0.717) is 23.7 Å². The van der Waals surface area contributed by atoms with Crippen LogP contribution in [0.25, 0.3) is 0 Å². The van der Waals surface area contributed by atoms with Crippen molar-refractivity contribution in [2.75, 3.05) is 12.3 Å². The first-order valence-electron chi connectivity index (χ1n) is 10.6. The van der Waals surface area contributed by atoms with E-state index < -0.39 is 6.04 Å². The first-order valence-corrected chi connectivity index (χ1v) is 12.1. The lowest BCUT2D eigenvalue weighted by Crippen LogP contribution is -2.49. The van der Waals surface area contributed by atoms with E-state index in [0.717, 1.165) is 24.0 Å². The maximum Gasteiger partial charge on any atom is 0.242 e. The molecule has 0 spiro atoms. The van der Waals surface area contributed by atoms with Crippen LogP contribution in [0, 0.1) is 5.82 Å². The molecule has 2 aromatic rings. The summed E-state index contributed by atoms with van der Waals surface area (Å²) in [6, 6.07) is 13.0. The summed E-state index contributed by atoms with van der Waals surface area (Å²) in [5, 5.41) is 3.62. The number of amides is 2. The van der Waals surface area contributed by atoms with E-state index in [1.807, 2.05) is 31.2 Å². The van der Waals surface area contributed by atoms with E-state index in [1.54, 1.807) is 17.0 Å². The largest absolute Gasteiger partial charge is 0.354 e. The molecule has 1 N–H and O–H groups in total. The lowest BCUT2D eigenvalue weighted by molar-refractivity contribution is -0.139. The van der Waals surface area contributed by atoms with Crippen LogP contribution in [0.1, 0.15) is 44.2 Å². The molecule has 0 radical (unpaired) electrons. The first-order chi connectivity index (χ1) is 14.9. The van der Waals surface area contributed by atoms with Crippen molar-refractivity contribution in [2.24, 2.45) is 0 Å². The van der Waals surface area contributed by atoms with Crippen molar-refractivity contribution >= 4 is 35.2 Å². The van der Waals surface area contributed by atoms with Crippen molar-refractivity contribution < 1.29 is 14.0 Å². The zero-order chi connectivity index (χ0) is 22.6. The highest BCUT2D eigenvalue weighted by Gasteiger charge is 2.28. The van der Waals surface area contributed by atoms with Crippen LogP contribution in [0.5, 0.6) is 0 Å². The SMILES string of the molecule is CCCCNC(=O)[C@@H](CC)N(Cc1ccc(F)cc1)C(=O)CSCc1ccc(Cl)cc1. The average Bonchev–Trinajstić information content (AvgIpc) is 2.76. The van der Waals surface area contributed by atoms with Crippen molar-refractivity contribution in [3.05, 3.63) is 70.5 Å². The van der Waals surface area contributed by atoms with Crippen molar-refractivity contribution in [1.29, 1.82) is 0 Å². The van der Waals surface area contributed by atoms with Crippen LogP contribution in [-0.4, -0.2) is 35.1 Å². The molecule has 0 unspecified atom stereocenters. The van der Waals surface area contributed by atoms with E-state index in [1.165, 1.54) is 23.9 Å². The molecule has 0 saturated heterocycles. The Labute approximate surface area is 193 Å². The topological polar surface area (TPSA) is 49.4 Å². The van der Waals surface area contributed by atoms with Crippen molar-refractivity contribution in [2.45, 2.75) is 51.4 Å². The number of halogens is 2. The molecular weight excluding hydrogens is 435 g/mol. The number of nitrogens with one attached hydrogen (secondary N) is 1. The fourth-order valence-corrected chi connectivity index (χ4v) is 4.13. The van der Waals surface area contributed by atoms with Crippen LogP contribution in [0.3, 0.4) is 0 Å². The summed E-state index contributed by atoms with van der Waals surface area (Å²) in [5.74, 6) is 0.342. The third-order valence-corrected chi connectivity index (χ3v) is 6.13. The molecular formula is C24H30ClFN2O2S. The minimum absolute atomic E-state index is 0.110. The smallest absolute Gasteiger partial charge is 0.242 e. The summed E-state index contributed by atoms with van der Waals surface area (Å²) in [4.78, 5) is 27.5. The monoisotopic (exact) mass is 464 g/mol. The van der Waals surface area contributed by atoms with Gasteiger partial charge in [0.15, 0.2) is 0 Å². The van der Waals surface area contributed by atoms with Crippen LogP contribution in [-0.2, 0) is 21.9 Å². The van der Waals surface area contributed by atoms with E-state index in [2.05, 4.69) is 12.2 Å². The van der Waals surface area contributed by atoms with Crippen LogP contribution in [0.15, 0.2) is 48.5 Å². The molecule has 0 aliphatic rings. The number of hydrogen-bond donors (Lipinski definition) is 1. The standard InChI is InChI=1S/C24H30ClFN2O2S/c1-3-5-14-27-24(30)22(4-2)28(15-18-8-12-21(26)13-9-18)23(29)17-31-16-19-6-10-20(25)11-7-19/h6-13,22H,3-5,14-17H2,1-2H3,(H,27,30)/t22-/m1/s1. The molecule has 0 saturated carbocycles. The van der Waals surface area contributed by atoms with Crippen LogP contribution in [0.4, 0.5) is 4.39 Å². The Balaban J connectivity index is 2.08. The summed E-state index contributed by atoms with van der Waals surface area (Å²) in [6.07, 6.45) is 2.38. The van der Waals surface area contributed by atoms with Crippen molar-refractivity contribution in [1.82, 2.24) is 10.2 Å². The molecule has 2 amide bonds. The Morgan fingerprint density at radius 2 is 1.71 bits per heavy atom. The molecule has 1 atom stereocenters. The quantitative estimate of drug-likeness (QED) is 0.426. The Morgan fingerprint density at radius 3 is 2.32 bits per heavy atom. The number of benzene rings is 2. The lowest BCUT2D eigenvalue weighted by atomic mass is 10.1. The maximum absolute atomic E-state index is 13.3.